The third-order valence-electron chi connectivity index (χ3n) is 4.11. The van der Waals surface area contributed by atoms with Gasteiger partial charge in [-0.3, -0.25) is 4.79 Å². The molecule has 1 aliphatic rings. The van der Waals surface area contributed by atoms with Crippen LogP contribution >= 0.6 is 0 Å². The van der Waals surface area contributed by atoms with Gasteiger partial charge in [-0.05, 0) is 31.1 Å². The zero-order chi connectivity index (χ0) is 15.2. The normalized spacial score (nSPS) is 18.1. The third-order valence-corrected chi connectivity index (χ3v) is 6.07. The SMILES string of the molecule is CC(C)(CCNS(=O)(=O)C1CCCCC1)CCC(=O)O. The highest BCUT2D eigenvalue weighted by Crippen LogP contribution is 2.27. The summed E-state index contributed by atoms with van der Waals surface area (Å²) in [6.45, 7) is 4.35. The molecule has 0 aromatic rings. The van der Waals surface area contributed by atoms with Crippen LogP contribution in [-0.2, 0) is 14.8 Å². The number of nitrogens with one attached hydrogen (secondary N) is 1. The Kier molecular flexibility index (Phi) is 6.45. The van der Waals surface area contributed by atoms with Crippen LogP contribution < -0.4 is 4.72 Å². The highest BCUT2D eigenvalue weighted by atomic mass is 32.2. The maximum absolute atomic E-state index is 12.1. The average Bonchev–Trinajstić information content (AvgIpc) is 2.37. The molecule has 1 fully saturated rings. The van der Waals surface area contributed by atoms with Crippen LogP contribution in [0.3, 0.4) is 0 Å². The van der Waals surface area contributed by atoms with E-state index in [1.165, 1.54) is 0 Å². The first kappa shape index (κ1) is 17.4. The number of carbonyl (C=O) groups is 1. The van der Waals surface area contributed by atoms with E-state index in [4.69, 9.17) is 5.11 Å². The van der Waals surface area contributed by atoms with Crippen molar-refractivity contribution in [1.82, 2.24) is 4.72 Å². The van der Waals surface area contributed by atoms with Crippen molar-refractivity contribution in [3.8, 4) is 0 Å². The van der Waals surface area contributed by atoms with Crippen LogP contribution in [0.2, 0.25) is 0 Å². The molecule has 0 saturated heterocycles. The van der Waals surface area contributed by atoms with Gasteiger partial charge in [-0.25, -0.2) is 13.1 Å². The van der Waals surface area contributed by atoms with E-state index in [0.29, 0.717) is 19.4 Å². The van der Waals surface area contributed by atoms with Crippen molar-refractivity contribution in [2.45, 2.75) is 70.5 Å². The van der Waals surface area contributed by atoms with Gasteiger partial charge >= 0.3 is 5.97 Å². The summed E-state index contributed by atoms with van der Waals surface area (Å²) in [5.41, 5.74) is -0.159. The molecule has 20 heavy (non-hydrogen) atoms. The molecule has 1 rings (SSSR count). The predicted octanol–water partition coefficient (Wildman–Crippen LogP) is 2.52. The maximum Gasteiger partial charge on any atom is 0.303 e. The Morgan fingerprint density at radius 3 is 2.35 bits per heavy atom. The van der Waals surface area contributed by atoms with Crippen LogP contribution in [0.15, 0.2) is 0 Å². The van der Waals surface area contributed by atoms with Gasteiger partial charge in [0.05, 0.1) is 5.25 Å². The largest absolute Gasteiger partial charge is 0.481 e. The first-order chi connectivity index (χ1) is 9.23. The van der Waals surface area contributed by atoms with Crippen molar-refractivity contribution in [2.24, 2.45) is 5.41 Å². The van der Waals surface area contributed by atoms with Gasteiger partial charge in [0.15, 0.2) is 0 Å². The maximum atomic E-state index is 12.1. The quantitative estimate of drug-likeness (QED) is 0.722. The first-order valence-electron chi connectivity index (χ1n) is 7.43. The molecule has 5 nitrogen and oxygen atoms in total. The second kappa shape index (κ2) is 7.41. The number of hydrogen-bond donors (Lipinski definition) is 2. The highest BCUT2D eigenvalue weighted by Gasteiger charge is 2.27. The van der Waals surface area contributed by atoms with Crippen LogP contribution in [-0.4, -0.2) is 31.3 Å². The van der Waals surface area contributed by atoms with Gasteiger partial charge in [-0.1, -0.05) is 33.1 Å². The molecule has 0 bridgehead atoms. The fourth-order valence-electron chi connectivity index (χ4n) is 2.60. The van der Waals surface area contributed by atoms with Crippen LogP contribution in [0.4, 0.5) is 0 Å². The third kappa shape index (κ3) is 6.22. The van der Waals surface area contributed by atoms with E-state index in [9.17, 15) is 13.2 Å². The molecular formula is C14H27NO4S. The van der Waals surface area contributed by atoms with Crippen molar-refractivity contribution in [1.29, 1.82) is 0 Å². The molecule has 0 heterocycles. The van der Waals surface area contributed by atoms with Gasteiger partial charge in [-0.2, -0.15) is 0 Å². The van der Waals surface area contributed by atoms with E-state index in [1.54, 1.807) is 0 Å². The Morgan fingerprint density at radius 2 is 1.80 bits per heavy atom. The summed E-state index contributed by atoms with van der Waals surface area (Å²) >= 11 is 0. The molecule has 0 aromatic carbocycles. The topological polar surface area (TPSA) is 83.5 Å². The van der Waals surface area contributed by atoms with Crippen LogP contribution in [0.5, 0.6) is 0 Å². The zero-order valence-corrected chi connectivity index (χ0v) is 13.3. The number of rotatable bonds is 8. The molecule has 0 atom stereocenters. The lowest BCUT2D eigenvalue weighted by Gasteiger charge is -2.26. The van der Waals surface area contributed by atoms with Crippen molar-refractivity contribution in [3.05, 3.63) is 0 Å². The smallest absolute Gasteiger partial charge is 0.303 e. The molecule has 118 valence electrons. The Balaban J connectivity index is 2.36. The van der Waals surface area contributed by atoms with Crippen LogP contribution in [0.1, 0.15) is 65.2 Å². The molecular weight excluding hydrogens is 278 g/mol. The second-order valence-electron chi connectivity index (χ2n) is 6.51. The van der Waals surface area contributed by atoms with Gasteiger partial charge in [0.25, 0.3) is 0 Å². The molecule has 6 heteroatoms. The highest BCUT2D eigenvalue weighted by molar-refractivity contribution is 7.90. The van der Waals surface area contributed by atoms with E-state index in [2.05, 4.69) is 4.72 Å². The average molecular weight is 305 g/mol. The summed E-state index contributed by atoms with van der Waals surface area (Å²) in [5.74, 6) is -0.805. The van der Waals surface area contributed by atoms with E-state index < -0.39 is 16.0 Å². The van der Waals surface area contributed by atoms with Crippen molar-refractivity contribution < 1.29 is 18.3 Å². The van der Waals surface area contributed by atoms with Crippen molar-refractivity contribution in [2.75, 3.05) is 6.54 Å². The lowest BCUT2D eigenvalue weighted by Crippen LogP contribution is -2.37. The first-order valence-corrected chi connectivity index (χ1v) is 8.98. The predicted molar refractivity (Wildman–Crippen MR) is 79.1 cm³/mol. The number of aliphatic carboxylic acids is 1. The second-order valence-corrected chi connectivity index (χ2v) is 8.55. The minimum Gasteiger partial charge on any atom is -0.481 e. The summed E-state index contributed by atoms with van der Waals surface area (Å²) in [6.07, 6.45) is 6.00. The molecule has 1 aliphatic carbocycles. The summed E-state index contributed by atoms with van der Waals surface area (Å²) in [4.78, 5) is 10.6. The van der Waals surface area contributed by atoms with Gasteiger partial charge in [0, 0.05) is 13.0 Å². The monoisotopic (exact) mass is 305 g/mol. The molecule has 0 aromatic heterocycles. The molecule has 0 amide bonds. The van der Waals surface area contributed by atoms with E-state index in [-0.39, 0.29) is 17.1 Å². The Hall–Kier alpha value is -0.620. The number of carboxylic acid groups (broad SMARTS) is 1. The standard InChI is InChI=1S/C14H27NO4S/c1-14(2,9-8-13(16)17)10-11-15-20(18,19)12-6-4-3-5-7-12/h12,15H,3-11H2,1-2H3,(H,16,17). The Bertz CT molecular complexity index is 411. The fourth-order valence-corrected chi connectivity index (χ4v) is 4.17. The summed E-state index contributed by atoms with van der Waals surface area (Å²) in [5, 5.41) is 8.45. The number of hydrogen-bond acceptors (Lipinski definition) is 3. The molecule has 0 spiro atoms. The molecule has 0 unspecified atom stereocenters. The van der Waals surface area contributed by atoms with Gasteiger partial charge < -0.3 is 5.11 Å². The Morgan fingerprint density at radius 1 is 1.20 bits per heavy atom. The summed E-state index contributed by atoms with van der Waals surface area (Å²) in [7, 11) is -3.20. The summed E-state index contributed by atoms with van der Waals surface area (Å²) < 4.78 is 27.0. The van der Waals surface area contributed by atoms with Crippen LogP contribution in [0.25, 0.3) is 0 Å². The van der Waals surface area contributed by atoms with E-state index in [1.807, 2.05) is 13.8 Å². The lowest BCUT2D eigenvalue weighted by molar-refractivity contribution is -0.137. The van der Waals surface area contributed by atoms with Crippen LogP contribution in [0, 0.1) is 5.41 Å². The molecule has 0 radical (unpaired) electrons. The minimum absolute atomic E-state index is 0.127. The molecule has 2 N–H and O–H groups in total. The van der Waals surface area contributed by atoms with Crippen molar-refractivity contribution in [3.63, 3.8) is 0 Å². The van der Waals surface area contributed by atoms with Gasteiger partial charge in [-0.15, -0.1) is 0 Å². The van der Waals surface area contributed by atoms with Crippen molar-refractivity contribution >= 4 is 16.0 Å². The fraction of sp³-hybridized carbons (Fsp3) is 0.929. The Labute approximate surface area is 122 Å². The van der Waals surface area contributed by atoms with Gasteiger partial charge in [0.2, 0.25) is 10.0 Å². The number of carboxylic acids is 1. The lowest BCUT2D eigenvalue weighted by atomic mass is 9.84. The van der Waals surface area contributed by atoms with E-state index >= 15 is 0 Å². The van der Waals surface area contributed by atoms with Gasteiger partial charge in [0.1, 0.15) is 0 Å². The zero-order valence-electron chi connectivity index (χ0n) is 12.5. The minimum atomic E-state index is -3.20. The molecule has 0 aliphatic heterocycles. The number of sulfonamides is 1. The summed E-state index contributed by atoms with van der Waals surface area (Å²) in [6, 6.07) is 0. The molecule has 1 saturated carbocycles. The van der Waals surface area contributed by atoms with E-state index in [0.717, 1.165) is 32.1 Å².